The minimum absolute atomic E-state index is 0.0879. The van der Waals surface area contributed by atoms with Crippen LogP contribution in [0.15, 0.2) is 30.3 Å². The summed E-state index contributed by atoms with van der Waals surface area (Å²) in [6.07, 6.45) is -5.24. The molecule has 1 aliphatic heterocycles. The number of hydrogen-bond acceptors (Lipinski definition) is 5. The maximum Gasteiger partial charge on any atom is 0.573 e. The van der Waals surface area contributed by atoms with Crippen LogP contribution in [-0.2, 0) is 16.1 Å². The molecule has 1 saturated heterocycles. The molecule has 2 aromatic rings. The van der Waals surface area contributed by atoms with E-state index in [9.17, 15) is 22.8 Å². The Morgan fingerprint density at radius 2 is 1.94 bits per heavy atom. The smallest absolute Gasteiger partial charge is 0.406 e. The highest BCUT2D eigenvalue weighted by Gasteiger charge is 2.33. The topological polar surface area (TPSA) is 87.8 Å². The third-order valence-electron chi connectivity index (χ3n) is 4.95. The highest BCUT2D eigenvalue weighted by molar-refractivity contribution is 5.95. The molecule has 3 rings (SSSR count). The minimum Gasteiger partial charge on any atom is -0.406 e. The van der Waals surface area contributed by atoms with Gasteiger partial charge in [0.2, 0.25) is 5.91 Å². The van der Waals surface area contributed by atoms with E-state index >= 15 is 0 Å². The van der Waals surface area contributed by atoms with Crippen molar-refractivity contribution in [3.05, 3.63) is 47.3 Å². The summed E-state index contributed by atoms with van der Waals surface area (Å²) in [7, 11) is 0. The molecule has 0 bridgehead atoms. The van der Waals surface area contributed by atoms with Crippen molar-refractivity contribution in [3.63, 3.8) is 0 Å². The molecule has 1 atom stereocenters. The van der Waals surface area contributed by atoms with Crippen molar-refractivity contribution in [2.75, 3.05) is 19.6 Å². The number of carbonyl (C=O) groups is 2. The summed E-state index contributed by atoms with van der Waals surface area (Å²) in [6.45, 7) is 6.00. The molecule has 1 aromatic carbocycles. The monoisotopic (exact) mass is 454 g/mol. The quantitative estimate of drug-likeness (QED) is 0.725. The molecule has 2 heterocycles. The summed E-state index contributed by atoms with van der Waals surface area (Å²) in [5.41, 5.74) is 1.57. The van der Waals surface area contributed by atoms with Gasteiger partial charge in [0.15, 0.2) is 0 Å². The Kier molecular flexibility index (Phi) is 7.07. The van der Waals surface area contributed by atoms with E-state index in [1.165, 1.54) is 29.2 Å². The molecule has 1 fully saturated rings. The molecule has 1 aromatic heterocycles. The standard InChI is InChI=1S/C21H25F3N4O4/c1-13(2)28-10-17(31-12-15-4-6-16(7-5-15)32-21(22,23)24)9-27(11-19(28)29)20(30)18-8-14(3)25-26-18/h4-8,13,17H,9-12H2,1-3H3,(H,25,26)/t17-/m0/s1. The zero-order valence-electron chi connectivity index (χ0n) is 18.0. The van der Waals surface area contributed by atoms with Gasteiger partial charge in [-0.25, -0.2) is 0 Å². The first-order valence-corrected chi connectivity index (χ1v) is 10.1. The van der Waals surface area contributed by atoms with Crippen molar-refractivity contribution in [1.82, 2.24) is 20.0 Å². The van der Waals surface area contributed by atoms with E-state index in [-0.39, 0.29) is 55.5 Å². The molecule has 0 unspecified atom stereocenters. The fraction of sp³-hybridized carbons (Fsp3) is 0.476. The van der Waals surface area contributed by atoms with E-state index in [2.05, 4.69) is 14.9 Å². The minimum atomic E-state index is -4.76. The fourth-order valence-electron chi connectivity index (χ4n) is 3.39. The van der Waals surface area contributed by atoms with Crippen LogP contribution in [0.3, 0.4) is 0 Å². The third-order valence-corrected chi connectivity index (χ3v) is 4.95. The molecule has 11 heteroatoms. The van der Waals surface area contributed by atoms with E-state index in [0.717, 1.165) is 5.69 Å². The van der Waals surface area contributed by atoms with E-state index in [1.807, 2.05) is 13.8 Å². The van der Waals surface area contributed by atoms with Gasteiger partial charge in [-0.1, -0.05) is 12.1 Å². The zero-order valence-corrected chi connectivity index (χ0v) is 18.0. The second-order valence-electron chi connectivity index (χ2n) is 7.89. The van der Waals surface area contributed by atoms with Crippen LogP contribution in [0.25, 0.3) is 0 Å². The number of hydrogen-bond donors (Lipinski definition) is 1. The predicted octanol–water partition coefficient (Wildman–Crippen LogP) is 2.89. The Morgan fingerprint density at radius 3 is 2.50 bits per heavy atom. The first-order valence-electron chi connectivity index (χ1n) is 10.1. The van der Waals surface area contributed by atoms with Gasteiger partial charge in [-0.2, -0.15) is 5.10 Å². The van der Waals surface area contributed by atoms with E-state index in [4.69, 9.17) is 4.74 Å². The van der Waals surface area contributed by atoms with Crippen LogP contribution in [0, 0.1) is 6.92 Å². The van der Waals surface area contributed by atoms with E-state index in [1.54, 1.807) is 17.9 Å². The van der Waals surface area contributed by atoms with Crippen LogP contribution in [0.5, 0.6) is 5.75 Å². The van der Waals surface area contributed by atoms with Gasteiger partial charge in [0, 0.05) is 24.8 Å². The number of nitrogens with one attached hydrogen (secondary N) is 1. The Balaban J connectivity index is 1.70. The number of aromatic nitrogens is 2. The lowest BCUT2D eigenvalue weighted by Gasteiger charge is -2.27. The van der Waals surface area contributed by atoms with Gasteiger partial charge in [-0.3, -0.25) is 14.7 Å². The van der Waals surface area contributed by atoms with Crippen LogP contribution in [0.2, 0.25) is 0 Å². The van der Waals surface area contributed by atoms with Crippen molar-refractivity contribution in [3.8, 4) is 5.75 Å². The number of ether oxygens (including phenoxy) is 2. The highest BCUT2D eigenvalue weighted by Crippen LogP contribution is 2.23. The Bertz CT molecular complexity index is 943. The number of carbonyl (C=O) groups excluding carboxylic acids is 2. The average Bonchev–Trinajstić information content (AvgIpc) is 3.06. The number of aryl methyl sites for hydroxylation is 1. The van der Waals surface area contributed by atoms with Gasteiger partial charge in [0.05, 0.1) is 12.7 Å². The molecule has 1 aliphatic rings. The molecular formula is C21H25F3N4O4. The number of H-pyrrole nitrogens is 1. The fourth-order valence-corrected chi connectivity index (χ4v) is 3.39. The number of rotatable bonds is 6. The van der Waals surface area contributed by atoms with E-state index in [0.29, 0.717) is 5.56 Å². The molecule has 0 aliphatic carbocycles. The van der Waals surface area contributed by atoms with Gasteiger partial charge in [-0.05, 0) is 44.5 Å². The summed E-state index contributed by atoms with van der Waals surface area (Å²) in [6, 6.07) is 6.88. The summed E-state index contributed by atoms with van der Waals surface area (Å²) in [5, 5.41) is 6.69. The Morgan fingerprint density at radius 1 is 1.25 bits per heavy atom. The summed E-state index contributed by atoms with van der Waals surface area (Å²) < 4.78 is 46.8. The Hall–Kier alpha value is -3.08. The van der Waals surface area contributed by atoms with Crippen LogP contribution in [-0.4, -0.2) is 70.0 Å². The van der Waals surface area contributed by atoms with Crippen LogP contribution >= 0.6 is 0 Å². The lowest BCUT2D eigenvalue weighted by atomic mass is 10.2. The van der Waals surface area contributed by atoms with Crippen LogP contribution in [0.1, 0.15) is 35.6 Å². The molecule has 0 radical (unpaired) electrons. The van der Waals surface area contributed by atoms with Gasteiger partial charge in [-0.15, -0.1) is 13.2 Å². The number of nitrogens with zero attached hydrogens (tertiary/aromatic N) is 3. The zero-order chi connectivity index (χ0) is 23.5. The van der Waals surface area contributed by atoms with Crippen LogP contribution < -0.4 is 4.74 Å². The number of alkyl halides is 3. The number of halogens is 3. The molecule has 1 N–H and O–H groups in total. The molecular weight excluding hydrogens is 429 g/mol. The van der Waals surface area contributed by atoms with Crippen molar-refractivity contribution in [1.29, 1.82) is 0 Å². The maximum absolute atomic E-state index is 12.9. The summed E-state index contributed by atoms with van der Waals surface area (Å²) >= 11 is 0. The average molecular weight is 454 g/mol. The van der Waals surface area contributed by atoms with E-state index < -0.39 is 12.5 Å². The molecule has 0 spiro atoms. The SMILES string of the molecule is Cc1cc(C(=O)N2CC(=O)N(C(C)C)C[C@@H](OCc3ccc(OC(F)(F)F)cc3)C2)n[nH]1. The van der Waals surface area contributed by atoms with Crippen molar-refractivity contribution < 1.29 is 32.2 Å². The summed E-state index contributed by atoms with van der Waals surface area (Å²) in [5.74, 6) is -0.894. The van der Waals surface area contributed by atoms with Gasteiger partial charge in [0.25, 0.3) is 5.91 Å². The van der Waals surface area contributed by atoms with Crippen LogP contribution in [0.4, 0.5) is 13.2 Å². The highest BCUT2D eigenvalue weighted by atomic mass is 19.4. The summed E-state index contributed by atoms with van der Waals surface area (Å²) in [4.78, 5) is 28.6. The largest absolute Gasteiger partial charge is 0.573 e. The number of aromatic amines is 1. The van der Waals surface area contributed by atoms with Crippen molar-refractivity contribution >= 4 is 11.8 Å². The second-order valence-corrected chi connectivity index (χ2v) is 7.89. The van der Waals surface area contributed by atoms with Gasteiger partial charge in [0.1, 0.15) is 18.0 Å². The van der Waals surface area contributed by atoms with Gasteiger partial charge < -0.3 is 19.3 Å². The first-order chi connectivity index (χ1) is 15.0. The molecule has 8 nitrogen and oxygen atoms in total. The molecule has 2 amide bonds. The van der Waals surface area contributed by atoms with Crippen molar-refractivity contribution in [2.45, 2.75) is 45.9 Å². The normalized spacial score (nSPS) is 17.6. The molecule has 0 saturated carbocycles. The number of amides is 2. The number of benzene rings is 1. The third kappa shape index (κ3) is 6.22. The molecule has 32 heavy (non-hydrogen) atoms. The van der Waals surface area contributed by atoms with Crippen molar-refractivity contribution in [2.24, 2.45) is 0 Å². The first kappa shape index (κ1) is 23.6. The van der Waals surface area contributed by atoms with Gasteiger partial charge >= 0.3 is 6.36 Å². The lowest BCUT2D eigenvalue weighted by molar-refractivity contribution is -0.274. The predicted molar refractivity (Wildman–Crippen MR) is 108 cm³/mol. The Labute approximate surface area is 183 Å². The molecule has 174 valence electrons. The lowest BCUT2D eigenvalue weighted by Crippen LogP contribution is -2.42. The second kappa shape index (κ2) is 9.60. The maximum atomic E-state index is 12.9.